The van der Waals surface area contributed by atoms with E-state index in [4.69, 9.17) is 23.2 Å². The number of anilines is 2. The normalized spacial score (nSPS) is 11.5. The molecule has 7 nitrogen and oxygen atoms in total. The summed E-state index contributed by atoms with van der Waals surface area (Å²) >= 11 is 15.5. The first-order valence-electron chi connectivity index (χ1n) is 8.21. The van der Waals surface area contributed by atoms with Crippen molar-refractivity contribution in [2.45, 2.75) is 0 Å². The third-order valence-electron chi connectivity index (χ3n) is 3.74. The van der Waals surface area contributed by atoms with E-state index in [1.54, 1.807) is 6.07 Å². The van der Waals surface area contributed by atoms with Crippen molar-refractivity contribution < 1.29 is 13.2 Å². The lowest BCUT2D eigenvalue weighted by atomic mass is 10.2. The second-order valence-corrected chi connectivity index (χ2v) is 9.79. The Kier molecular flexibility index (Phi) is 7.93. The van der Waals surface area contributed by atoms with Gasteiger partial charge in [-0.15, -0.1) is 0 Å². The van der Waals surface area contributed by atoms with Crippen molar-refractivity contribution in [3.63, 3.8) is 0 Å². The molecule has 2 aromatic carbocycles. The molecule has 0 bridgehead atoms. The van der Waals surface area contributed by atoms with E-state index in [1.807, 2.05) is 37.2 Å². The summed E-state index contributed by atoms with van der Waals surface area (Å²) in [7, 11) is 0.0674. The fourth-order valence-corrected chi connectivity index (χ4v) is 4.44. The Bertz CT molecular complexity index is 1050. The van der Waals surface area contributed by atoms with Crippen LogP contribution in [-0.4, -0.2) is 47.4 Å². The highest BCUT2D eigenvalue weighted by molar-refractivity contribution is 9.10. The van der Waals surface area contributed by atoms with Crippen LogP contribution in [0.2, 0.25) is 10.0 Å². The van der Waals surface area contributed by atoms with Crippen molar-refractivity contribution in [3.8, 4) is 0 Å². The minimum absolute atomic E-state index is 0.0433. The fraction of sp³-hybridized carbons (Fsp3) is 0.222. The van der Waals surface area contributed by atoms with Gasteiger partial charge >= 0.3 is 0 Å². The number of nitrogens with one attached hydrogen (secondary N) is 1. The number of sulfonamides is 1. The van der Waals surface area contributed by atoms with Crippen LogP contribution in [0.25, 0.3) is 0 Å². The average Bonchev–Trinajstić information content (AvgIpc) is 2.61. The highest BCUT2D eigenvalue weighted by Crippen LogP contribution is 2.33. The van der Waals surface area contributed by atoms with Gasteiger partial charge in [0.15, 0.2) is 0 Å². The fourth-order valence-electron chi connectivity index (χ4n) is 2.38. The Hall–Kier alpha value is -1.81. The molecule has 1 N–H and O–H groups in total. The summed E-state index contributed by atoms with van der Waals surface area (Å²) in [6, 6.07) is 10.1. The number of rotatable bonds is 7. The van der Waals surface area contributed by atoms with Gasteiger partial charge < -0.3 is 4.90 Å². The Morgan fingerprint density at radius 3 is 2.48 bits per heavy atom. The Morgan fingerprint density at radius 2 is 1.90 bits per heavy atom. The SMILES string of the molecule is CN(C)c1ccc(/C=N/NC(=O)CN(c2cccc(Cl)c2Cl)S(C)(=O)=O)cc1Br. The Labute approximate surface area is 188 Å². The first kappa shape index (κ1) is 23.5. The largest absolute Gasteiger partial charge is 0.377 e. The van der Waals surface area contributed by atoms with Crippen molar-refractivity contribution in [1.82, 2.24) is 5.43 Å². The van der Waals surface area contributed by atoms with Crippen molar-refractivity contribution in [3.05, 3.63) is 56.5 Å². The molecule has 156 valence electrons. The molecule has 0 aliphatic carbocycles. The molecule has 2 rings (SSSR count). The van der Waals surface area contributed by atoms with E-state index in [2.05, 4.69) is 26.5 Å². The van der Waals surface area contributed by atoms with Crippen LogP contribution in [-0.2, 0) is 14.8 Å². The number of hydrogen-bond acceptors (Lipinski definition) is 5. The third kappa shape index (κ3) is 6.33. The Morgan fingerprint density at radius 1 is 1.21 bits per heavy atom. The second-order valence-electron chi connectivity index (χ2n) is 6.24. The molecule has 0 aromatic heterocycles. The van der Waals surface area contributed by atoms with Crippen LogP contribution in [0, 0.1) is 0 Å². The quantitative estimate of drug-likeness (QED) is 0.444. The predicted octanol–water partition coefficient (Wildman–Crippen LogP) is 3.74. The molecule has 0 spiro atoms. The van der Waals surface area contributed by atoms with E-state index in [1.165, 1.54) is 18.3 Å². The molecule has 0 aliphatic heterocycles. The second kappa shape index (κ2) is 9.80. The zero-order valence-corrected chi connectivity index (χ0v) is 19.8. The van der Waals surface area contributed by atoms with Gasteiger partial charge in [-0.3, -0.25) is 9.10 Å². The van der Waals surface area contributed by atoms with Crippen molar-refractivity contribution in [2.24, 2.45) is 5.10 Å². The maximum atomic E-state index is 12.2. The number of carbonyl (C=O) groups is 1. The lowest BCUT2D eigenvalue weighted by Gasteiger charge is -2.22. The van der Waals surface area contributed by atoms with Crippen molar-refractivity contribution in [1.29, 1.82) is 0 Å². The van der Waals surface area contributed by atoms with Gasteiger partial charge in [-0.25, -0.2) is 13.8 Å². The first-order chi connectivity index (χ1) is 13.5. The van der Waals surface area contributed by atoms with Gasteiger partial charge in [-0.1, -0.05) is 35.3 Å². The molecule has 0 unspecified atom stereocenters. The van der Waals surface area contributed by atoms with E-state index >= 15 is 0 Å². The van der Waals surface area contributed by atoms with Crippen LogP contribution in [0.5, 0.6) is 0 Å². The van der Waals surface area contributed by atoms with E-state index < -0.39 is 22.5 Å². The number of hydrogen-bond donors (Lipinski definition) is 1. The van der Waals surface area contributed by atoms with E-state index in [-0.39, 0.29) is 15.7 Å². The number of carbonyl (C=O) groups excluding carboxylic acids is 1. The van der Waals surface area contributed by atoms with Gasteiger partial charge in [0.2, 0.25) is 10.0 Å². The Balaban J connectivity index is 2.12. The third-order valence-corrected chi connectivity index (χ3v) is 6.31. The van der Waals surface area contributed by atoms with E-state index in [0.717, 1.165) is 26.3 Å². The van der Waals surface area contributed by atoms with Crippen LogP contribution in [0.4, 0.5) is 11.4 Å². The van der Waals surface area contributed by atoms with Gasteiger partial charge in [0.25, 0.3) is 5.91 Å². The van der Waals surface area contributed by atoms with Crippen molar-refractivity contribution in [2.75, 3.05) is 36.1 Å². The molecular weight excluding hydrogens is 503 g/mol. The van der Waals surface area contributed by atoms with Gasteiger partial charge in [0, 0.05) is 18.6 Å². The summed E-state index contributed by atoms with van der Waals surface area (Å²) in [5.74, 6) is -0.633. The lowest BCUT2D eigenvalue weighted by molar-refractivity contribution is -0.119. The molecule has 0 fully saturated rings. The number of halogens is 3. The van der Waals surface area contributed by atoms with Crippen LogP contribution in [0.1, 0.15) is 5.56 Å². The highest BCUT2D eigenvalue weighted by atomic mass is 79.9. The molecule has 0 radical (unpaired) electrons. The van der Waals surface area contributed by atoms with Crippen LogP contribution in [0.15, 0.2) is 46.0 Å². The van der Waals surface area contributed by atoms with Crippen LogP contribution in [0.3, 0.4) is 0 Å². The topological polar surface area (TPSA) is 82.1 Å². The first-order valence-corrected chi connectivity index (χ1v) is 11.6. The summed E-state index contributed by atoms with van der Waals surface area (Å²) in [5.41, 5.74) is 4.18. The molecule has 0 aliphatic rings. The molecular formula is C18H19BrCl2N4O3S. The molecule has 0 saturated heterocycles. The van der Waals surface area contributed by atoms with Gasteiger partial charge in [-0.05, 0) is 45.8 Å². The van der Waals surface area contributed by atoms with Crippen molar-refractivity contribution >= 4 is 72.7 Å². The molecule has 0 heterocycles. The summed E-state index contributed by atoms with van der Waals surface area (Å²) in [4.78, 5) is 14.2. The molecule has 1 amide bonds. The number of nitrogens with zero attached hydrogens (tertiary/aromatic N) is 3. The summed E-state index contributed by atoms with van der Waals surface area (Å²) in [6.07, 6.45) is 2.43. The summed E-state index contributed by atoms with van der Waals surface area (Å²) < 4.78 is 26.0. The number of hydrazone groups is 1. The molecule has 11 heteroatoms. The van der Waals surface area contributed by atoms with E-state index in [9.17, 15) is 13.2 Å². The zero-order chi connectivity index (χ0) is 21.8. The standard InChI is InChI=1S/C18H19BrCl2N4O3S/c1-24(2)15-8-7-12(9-13(15)19)10-22-23-17(26)11-25(29(3,27)28)16-6-4-5-14(20)18(16)21/h4-10H,11H2,1-3H3,(H,23,26)/b22-10+. The van der Waals surface area contributed by atoms with Gasteiger partial charge in [-0.2, -0.15) is 5.10 Å². The van der Waals surface area contributed by atoms with E-state index in [0.29, 0.717) is 0 Å². The van der Waals surface area contributed by atoms with Crippen LogP contribution >= 0.6 is 39.1 Å². The monoisotopic (exact) mass is 520 g/mol. The minimum atomic E-state index is -3.78. The average molecular weight is 522 g/mol. The minimum Gasteiger partial charge on any atom is -0.377 e. The maximum Gasteiger partial charge on any atom is 0.260 e. The summed E-state index contributed by atoms with van der Waals surface area (Å²) in [5, 5.41) is 4.11. The van der Waals surface area contributed by atoms with Gasteiger partial charge in [0.05, 0.1) is 33.9 Å². The highest BCUT2D eigenvalue weighted by Gasteiger charge is 2.23. The summed E-state index contributed by atoms with van der Waals surface area (Å²) in [6.45, 7) is -0.500. The zero-order valence-electron chi connectivity index (χ0n) is 15.9. The molecule has 29 heavy (non-hydrogen) atoms. The molecule has 0 atom stereocenters. The number of benzene rings is 2. The predicted molar refractivity (Wildman–Crippen MR) is 123 cm³/mol. The van der Waals surface area contributed by atoms with Crippen LogP contribution < -0.4 is 14.6 Å². The molecule has 2 aromatic rings. The number of amides is 1. The lowest BCUT2D eigenvalue weighted by Crippen LogP contribution is -2.39. The smallest absolute Gasteiger partial charge is 0.260 e. The maximum absolute atomic E-state index is 12.2. The van der Waals surface area contributed by atoms with Gasteiger partial charge in [0.1, 0.15) is 6.54 Å². The molecule has 0 saturated carbocycles.